The topological polar surface area (TPSA) is 87.3 Å². The molecule has 1 atom stereocenters. The van der Waals surface area contributed by atoms with Crippen LogP contribution in [0.2, 0.25) is 0 Å². The molecule has 0 spiro atoms. The minimum atomic E-state index is -0.558. The molecule has 0 aromatic rings. The molecule has 0 bridgehead atoms. The maximum Gasteiger partial charge on any atom is 0.242 e. The Morgan fingerprint density at radius 2 is 1.80 bits per heavy atom. The molecule has 0 saturated heterocycles. The van der Waals surface area contributed by atoms with Gasteiger partial charge in [-0.3, -0.25) is 14.4 Å². The normalized spacial score (nSPS) is 19.3. The summed E-state index contributed by atoms with van der Waals surface area (Å²) < 4.78 is 0. The van der Waals surface area contributed by atoms with E-state index in [-0.39, 0.29) is 29.2 Å². The maximum absolute atomic E-state index is 12.9. The summed E-state index contributed by atoms with van der Waals surface area (Å²) >= 11 is 0. The number of rotatable bonds is 9. The molecule has 0 heterocycles. The Bertz CT molecular complexity index is 657. The highest BCUT2D eigenvalue weighted by Crippen LogP contribution is 2.32. The first-order chi connectivity index (χ1) is 14.0. The molecule has 0 unspecified atom stereocenters. The quantitative estimate of drug-likeness (QED) is 0.499. The molecular weight excluding hydrogens is 378 g/mol. The molecule has 2 aliphatic carbocycles. The van der Waals surface area contributed by atoms with Crippen LogP contribution in [0.15, 0.2) is 11.6 Å². The van der Waals surface area contributed by atoms with Crippen LogP contribution in [0.1, 0.15) is 92.4 Å². The van der Waals surface area contributed by atoms with Gasteiger partial charge in [-0.05, 0) is 57.3 Å². The molecule has 0 aromatic heterocycles. The lowest BCUT2D eigenvalue weighted by atomic mass is 9.76. The van der Waals surface area contributed by atoms with E-state index in [0.717, 1.165) is 38.5 Å². The molecule has 3 amide bonds. The molecule has 170 valence electrons. The molecule has 6 nitrogen and oxygen atoms in total. The summed E-state index contributed by atoms with van der Waals surface area (Å²) in [7, 11) is 0. The zero-order valence-corrected chi connectivity index (χ0v) is 19.5. The molecule has 0 radical (unpaired) electrons. The summed E-state index contributed by atoms with van der Waals surface area (Å²) in [6, 6.07) is -0.558. The van der Waals surface area contributed by atoms with Gasteiger partial charge in [0.25, 0.3) is 0 Å². The van der Waals surface area contributed by atoms with Crippen LogP contribution in [-0.4, -0.2) is 35.8 Å². The summed E-state index contributed by atoms with van der Waals surface area (Å²) in [5.41, 5.74) is 0.337. The average molecular weight is 420 g/mol. The lowest BCUT2D eigenvalue weighted by molar-refractivity contribution is -0.134. The van der Waals surface area contributed by atoms with Crippen LogP contribution < -0.4 is 16.0 Å². The fourth-order valence-corrected chi connectivity index (χ4v) is 4.02. The maximum atomic E-state index is 12.9. The highest BCUT2D eigenvalue weighted by Gasteiger charge is 2.39. The van der Waals surface area contributed by atoms with Gasteiger partial charge in [-0.1, -0.05) is 46.3 Å². The number of carbonyl (C=O) groups excluding carboxylic acids is 3. The zero-order valence-electron chi connectivity index (χ0n) is 19.5. The Labute approximate surface area is 182 Å². The highest BCUT2D eigenvalue weighted by atomic mass is 16.2. The van der Waals surface area contributed by atoms with Crippen LogP contribution in [0.4, 0.5) is 0 Å². The smallest absolute Gasteiger partial charge is 0.242 e. The summed E-state index contributed by atoms with van der Waals surface area (Å²) in [5, 5.41) is 9.12. The molecule has 1 fully saturated rings. The van der Waals surface area contributed by atoms with Gasteiger partial charge in [0.05, 0.1) is 5.54 Å². The number of hydrogen-bond donors (Lipinski definition) is 3. The molecule has 6 heteroatoms. The lowest BCUT2D eigenvalue weighted by Gasteiger charge is -2.43. The van der Waals surface area contributed by atoms with E-state index in [2.05, 4.69) is 22.0 Å². The third-order valence-corrected chi connectivity index (χ3v) is 6.10. The second-order valence-corrected chi connectivity index (χ2v) is 10.6. The van der Waals surface area contributed by atoms with E-state index in [1.54, 1.807) is 0 Å². The van der Waals surface area contributed by atoms with Crippen molar-refractivity contribution in [2.45, 2.75) is 104 Å². The van der Waals surface area contributed by atoms with Crippen LogP contribution in [-0.2, 0) is 14.4 Å². The van der Waals surface area contributed by atoms with Gasteiger partial charge < -0.3 is 16.0 Å². The molecule has 1 saturated carbocycles. The van der Waals surface area contributed by atoms with E-state index < -0.39 is 11.5 Å². The summed E-state index contributed by atoms with van der Waals surface area (Å²) in [6.07, 6.45) is 10.5. The Kier molecular flexibility index (Phi) is 8.51. The Hall–Kier alpha value is -1.85. The summed E-state index contributed by atoms with van der Waals surface area (Å²) in [4.78, 5) is 37.9. The monoisotopic (exact) mass is 419 g/mol. The van der Waals surface area contributed by atoms with E-state index in [1.165, 1.54) is 12.0 Å². The summed E-state index contributed by atoms with van der Waals surface area (Å²) in [6.45, 7) is 10.0. The predicted octanol–water partition coefficient (Wildman–Crippen LogP) is 3.61. The number of hydrogen-bond acceptors (Lipinski definition) is 3. The van der Waals surface area contributed by atoms with Gasteiger partial charge >= 0.3 is 0 Å². The molecular formula is C24H41N3O3. The van der Waals surface area contributed by atoms with Crippen molar-refractivity contribution in [2.24, 2.45) is 11.3 Å². The van der Waals surface area contributed by atoms with Crippen LogP contribution in [0.25, 0.3) is 0 Å². The fraction of sp³-hybridized carbons (Fsp3) is 0.792. The first kappa shape index (κ1) is 24.4. The fourth-order valence-electron chi connectivity index (χ4n) is 4.02. The molecule has 0 aliphatic heterocycles. The molecule has 0 aromatic carbocycles. The van der Waals surface area contributed by atoms with E-state index in [1.807, 2.05) is 34.6 Å². The number of carbonyl (C=O) groups is 3. The van der Waals surface area contributed by atoms with Gasteiger partial charge in [0.1, 0.15) is 6.04 Å². The minimum absolute atomic E-state index is 0.0527. The van der Waals surface area contributed by atoms with Gasteiger partial charge in [-0.25, -0.2) is 0 Å². The second-order valence-electron chi connectivity index (χ2n) is 10.6. The van der Waals surface area contributed by atoms with Crippen molar-refractivity contribution in [3.05, 3.63) is 11.6 Å². The van der Waals surface area contributed by atoms with E-state index >= 15 is 0 Å². The molecule has 2 aliphatic rings. The first-order valence-electron chi connectivity index (χ1n) is 11.6. The van der Waals surface area contributed by atoms with Crippen molar-refractivity contribution in [3.63, 3.8) is 0 Å². The Morgan fingerprint density at radius 1 is 1.10 bits per heavy atom. The molecule has 3 N–H and O–H groups in total. The highest BCUT2D eigenvalue weighted by molar-refractivity contribution is 5.89. The van der Waals surface area contributed by atoms with Crippen LogP contribution in [0.5, 0.6) is 0 Å². The third-order valence-electron chi connectivity index (χ3n) is 6.10. The van der Waals surface area contributed by atoms with Crippen molar-refractivity contribution in [1.29, 1.82) is 0 Å². The van der Waals surface area contributed by atoms with Gasteiger partial charge in [0.2, 0.25) is 17.7 Å². The van der Waals surface area contributed by atoms with Crippen molar-refractivity contribution >= 4 is 17.7 Å². The van der Waals surface area contributed by atoms with Crippen molar-refractivity contribution < 1.29 is 14.4 Å². The van der Waals surface area contributed by atoms with Crippen molar-refractivity contribution in [2.75, 3.05) is 6.54 Å². The van der Waals surface area contributed by atoms with Crippen LogP contribution >= 0.6 is 0 Å². The third kappa shape index (κ3) is 7.44. The number of amides is 3. The standard InChI is InChI=1S/C24H41N3O3/c1-17(2)14-19(26-22(30)23(3,4)5)21(29)25-16-24(12-9-13-24)27-20(28)15-18-10-7-6-8-11-18/h10,17,19H,6-9,11-16H2,1-5H3,(H,25,29)(H,26,30)(H,27,28)/t19-/m0/s1. The average Bonchev–Trinajstić information content (AvgIpc) is 2.62. The van der Waals surface area contributed by atoms with E-state index in [4.69, 9.17) is 0 Å². The SMILES string of the molecule is CC(C)C[C@H](NC(=O)C(C)(C)C)C(=O)NCC1(NC(=O)CC2=CCCCC2)CCC1. The van der Waals surface area contributed by atoms with Crippen molar-refractivity contribution in [1.82, 2.24) is 16.0 Å². The van der Waals surface area contributed by atoms with Gasteiger partial charge in [0, 0.05) is 18.4 Å². The molecule has 30 heavy (non-hydrogen) atoms. The molecule has 2 rings (SSSR count). The van der Waals surface area contributed by atoms with Gasteiger partial charge in [0.15, 0.2) is 0 Å². The predicted molar refractivity (Wildman–Crippen MR) is 120 cm³/mol. The lowest BCUT2D eigenvalue weighted by Crippen LogP contribution is -2.61. The van der Waals surface area contributed by atoms with Gasteiger partial charge in [-0.15, -0.1) is 0 Å². The number of allylic oxidation sites excluding steroid dienone is 1. The van der Waals surface area contributed by atoms with Gasteiger partial charge in [-0.2, -0.15) is 0 Å². The Balaban J connectivity index is 1.91. The Morgan fingerprint density at radius 3 is 2.30 bits per heavy atom. The summed E-state index contributed by atoms with van der Waals surface area (Å²) in [5.74, 6) is 0.0338. The minimum Gasteiger partial charge on any atom is -0.352 e. The second kappa shape index (κ2) is 10.5. The zero-order chi connectivity index (χ0) is 22.4. The van der Waals surface area contributed by atoms with E-state index in [9.17, 15) is 14.4 Å². The largest absolute Gasteiger partial charge is 0.352 e. The van der Waals surface area contributed by atoms with E-state index in [0.29, 0.717) is 19.4 Å². The number of nitrogens with one attached hydrogen (secondary N) is 3. The van der Waals surface area contributed by atoms with Crippen LogP contribution in [0.3, 0.4) is 0 Å². The first-order valence-corrected chi connectivity index (χ1v) is 11.6. The van der Waals surface area contributed by atoms with Crippen LogP contribution in [0, 0.1) is 11.3 Å². The van der Waals surface area contributed by atoms with Crippen molar-refractivity contribution in [3.8, 4) is 0 Å².